The minimum absolute atomic E-state index is 0.0116. The van der Waals surface area contributed by atoms with Crippen LogP contribution in [-0.4, -0.2) is 47.4 Å². The summed E-state index contributed by atoms with van der Waals surface area (Å²) in [5.41, 5.74) is 0. The molecule has 2 unspecified atom stereocenters. The number of hydrogen-bond donors (Lipinski definition) is 3. The van der Waals surface area contributed by atoms with E-state index in [4.69, 9.17) is 4.74 Å². The van der Waals surface area contributed by atoms with Crippen LogP contribution < -0.4 is 5.32 Å². The number of aliphatic hydroxyl groups is 2. The van der Waals surface area contributed by atoms with Crippen LogP contribution in [0, 0.1) is 0 Å². The smallest absolute Gasteiger partial charge is 0.305 e. The fraction of sp³-hybridized carbons (Fsp3) is 0.900. The molecule has 0 aromatic heterocycles. The minimum atomic E-state index is -0.663. The first-order valence-electron chi connectivity index (χ1n) is 39.2. The Labute approximate surface area is 538 Å². The van der Waals surface area contributed by atoms with E-state index in [0.29, 0.717) is 25.9 Å². The van der Waals surface area contributed by atoms with Crippen molar-refractivity contribution in [2.45, 2.75) is 450 Å². The number of carbonyl (C=O) groups excluding carboxylic acids is 2. The molecule has 0 aliphatic heterocycles. The van der Waals surface area contributed by atoms with Gasteiger partial charge < -0.3 is 20.3 Å². The molecule has 0 spiro atoms. The number of ether oxygens (including phenoxy) is 1. The molecule has 86 heavy (non-hydrogen) atoms. The van der Waals surface area contributed by atoms with Crippen molar-refractivity contribution in [3.05, 3.63) is 36.5 Å². The summed E-state index contributed by atoms with van der Waals surface area (Å²) < 4.78 is 5.50. The van der Waals surface area contributed by atoms with Crippen LogP contribution in [0.25, 0.3) is 0 Å². The normalized spacial score (nSPS) is 12.7. The molecular formula is C80H153NO5. The summed E-state index contributed by atoms with van der Waals surface area (Å²) in [6.45, 7) is 4.97. The summed E-state index contributed by atoms with van der Waals surface area (Å²) in [7, 11) is 0. The van der Waals surface area contributed by atoms with Crippen LogP contribution in [0.4, 0.5) is 0 Å². The molecule has 0 aliphatic rings. The number of nitrogens with one attached hydrogen (secondary N) is 1. The zero-order chi connectivity index (χ0) is 62.0. The molecule has 0 saturated heterocycles. The summed E-state index contributed by atoms with van der Waals surface area (Å²) in [6, 6.07) is -0.540. The van der Waals surface area contributed by atoms with Crippen LogP contribution in [0.2, 0.25) is 0 Å². The molecule has 6 nitrogen and oxygen atoms in total. The number of rotatable bonds is 74. The van der Waals surface area contributed by atoms with E-state index in [9.17, 15) is 19.8 Å². The third-order valence-corrected chi connectivity index (χ3v) is 18.4. The Bertz CT molecular complexity index is 1390. The second-order valence-electron chi connectivity index (χ2n) is 27.0. The Morgan fingerprint density at radius 2 is 0.581 bits per heavy atom. The van der Waals surface area contributed by atoms with Crippen molar-refractivity contribution in [2.75, 3.05) is 13.2 Å². The molecule has 0 aromatic carbocycles. The van der Waals surface area contributed by atoms with Gasteiger partial charge in [-0.15, -0.1) is 0 Å². The number of carbonyl (C=O) groups is 2. The highest BCUT2D eigenvalue weighted by Gasteiger charge is 2.20. The van der Waals surface area contributed by atoms with Crippen molar-refractivity contribution in [1.29, 1.82) is 0 Å². The molecule has 0 saturated carbocycles. The van der Waals surface area contributed by atoms with Gasteiger partial charge in [0, 0.05) is 12.8 Å². The van der Waals surface area contributed by atoms with Gasteiger partial charge in [-0.05, 0) is 83.5 Å². The van der Waals surface area contributed by atoms with Crippen molar-refractivity contribution in [3.63, 3.8) is 0 Å². The zero-order valence-electron chi connectivity index (χ0n) is 58.3. The van der Waals surface area contributed by atoms with E-state index in [0.717, 1.165) is 51.4 Å². The van der Waals surface area contributed by atoms with Gasteiger partial charge in [-0.1, -0.05) is 378 Å². The SMILES string of the molecule is CCCCC/C=C\C/C=C\CCCCCCCCCC(=O)OCCCCCCCCCCCCCC/C=C\CCCCCCCCCCCCCCCCCCCC(=O)NC(CO)C(O)CCCCCCCCCCCCCCCCCCCCC. The van der Waals surface area contributed by atoms with Crippen LogP contribution in [0.15, 0.2) is 36.5 Å². The van der Waals surface area contributed by atoms with Crippen LogP contribution in [0.1, 0.15) is 438 Å². The van der Waals surface area contributed by atoms with Crippen molar-refractivity contribution in [2.24, 2.45) is 0 Å². The summed E-state index contributed by atoms with van der Waals surface area (Å²) in [4.78, 5) is 24.7. The van der Waals surface area contributed by atoms with Crippen LogP contribution in [0.5, 0.6) is 0 Å². The molecule has 0 rings (SSSR count). The van der Waals surface area contributed by atoms with Gasteiger partial charge in [0.05, 0.1) is 25.4 Å². The topological polar surface area (TPSA) is 95.9 Å². The predicted molar refractivity (Wildman–Crippen MR) is 379 cm³/mol. The average Bonchev–Trinajstić information content (AvgIpc) is 3.55. The first-order chi connectivity index (χ1) is 42.5. The Kier molecular flexibility index (Phi) is 73.9. The quantitative estimate of drug-likeness (QED) is 0.0320. The molecule has 0 bridgehead atoms. The molecule has 3 N–H and O–H groups in total. The largest absolute Gasteiger partial charge is 0.466 e. The first kappa shape index (κ1) is 84.1. The van der Waals surface area contributed by atoms with Gasteiger partial charge in [-0.3, -0.25) is 9.59 Å². The fourth-order valence-corrected chi connectivity index (χ4v) is 12.4. The Morgan fingerprint density at radius 1 is 0.326 bits per heavy atom. The predicted octanol–water partition coefficient (Wildman–Crippen LogP) is 25.8. The summed E-state index contributed by atoms with van der Waals surface area (Å²) >= 11 is 0. The van der Waals surface area contributed by atoms with Crippen LogP contribution >= 0.6 is 0 Å². The third-order valence-electron chi connectivity index (χ3n) is 18.4. The second-order valence-corrected chi connectivity index (χ2v) is 27.0. The highest BCUT2D eigenvalue weighted by atomic mass is 16.5. The van der Waals surface area contributed by atoms with E-state index in [1.165, 1.54) is 353 Å². The molecule has 1 amide bonds. The number of amides is 1. The monoisotopic (exact) mass is 1210 g/mol. The Hall–Kier alpha value is -1.92. The first-order valence-corrected chi connectivity index (χ1v) is 39.2. The molecule has 2 atom stereocenters. The average molecular weight is 1210 g/mol. The number of aliphatic hydroxyl groups excluding tert-OH is 2. The van der Waals surface area contributed by atoms with E-state index < -0.39 is 12.1 Å². The maximum Gasteiger partial charge on any atom is 0.305 e. The van der Waals surface area contributed by atoms with Crippen molar-refractivity contribution < 1.29 is 24.5 Å². The zero-order valence-corrected chi connectivity index (χ0v) is 58.3. The van der Waals surface area contributed by atoms with Gasteiger partial charge in [0.25, 0.3) is 0 Å². The van der Waals surface area contributed by atoms with Crippen LogP contribution in [-0.2, 0) is 14.3 Å². The fourth-order valence-electron chi connectivity index (χ4n) is 12.4. The van der Waals surface area contributed by atoms with Crippen molar-refractivity contribution in [3.8, 4) is 0 Å². The van der Waals surface area contributed by atoms with Gasteiger partial charge in [0.15, 0.2) is 0 Å². The van der Waals surface area contributed by atoms with E-state index in [1.54, 1.807) is 0 Å². The lowest BCUT2D eigenvalue weighted by atomic mass is 10.0. The van der Waals surface area contributed by atoms with Crippen molar-refractivity contribution in [1.82, 2.24) is 5.32 Å². The highest BCUT2D eigenvalue weighted by molar-refractivity contribution is 5.76. The van der Waals surface area contributed by atoms with E-state index in [-0.39, 0.29) is 18.5 Å². The molecule has 0 fully saturated rings. The summed E-state index contributed by atoms with van der Waals surface area (Å²) in [5.74, 6) is -0.0158. The van der Waals surface area contributed by atoms with E-state index >= 15 is 0 Å². The number of esters is 1. The number of hydrogen-bond acceptors (Lipinski definition) is 5. The maximum atomic E-state index is 12.6. The minimum Gasteiger partial charge on any atom is -0.466 e. The molecule has 0 heterocycles. The highest BCUT2D eigenvalue weighted by Crippen LogP contribution is 2.20. The molecular weight excluding hydrogens is 1050 g/mol. The molecule has 0 radical (unpaired) electrons. The number of allylic oxidation sites excluding steroid dienone is 6. The number of unbranched alkanes of at least 4 members (excludes halogenated alkanes) is 57. The summed E-state index contributed by atoms with van der Waals surface area (Å²) in [5, 5.41) is 23.4. The van der Waals surface area contributed by atoms with Gasteiger partial charge in [-0.25, -0.2) is 0 Å². The lowest BCUT2D eigenvalue weighted by Gasteiger charge is -2.22. The molecule has 508 valence electrons. The van der Waals surface area contributed by atoms with Crippen LogP contribution in [0.3, 0.4) is 0 Å². The summed E-state index contributed by atoms with van der Waals surface area (Å²) in [6.07, 6.45) is 98.0. The third kappa shape index (κ3) is 71.2. The standard InChI is InChI=1S/C80H153NO5/c1-3-5-7-9-11-13-15-17-19-21-37-41-44-48-52-56-60-64-68-72-78(83)77(76-82)81-79(84)73-69-65-61-57-53-49-45-42-38-35-33-31-29-27-25-23-22-24-26-28-30-32-34-36-39-43-47-51-55-59-63-67-71-75-86-80(85)74-70-66-62-58-54-50-46-40-20-18-16-14-12-10-8-6-4-2/h12,14,18,20,26,28,77-78,82-83H,3-11,13,15-17,19,21-25,27,29-76H2,1-2H3,(H,81,84)/b14-12-,20-18-,28-26-. The Balaban J connectivity index is 3.35. The molecule has 0 aromatic rings. The van der Waals surface area contributed by atoms with Gasteiger partial charge in [-0.2, -0.15) is 0 Å². The maximum absolute atomic E-state index is 12.6. The molecule has 6 heteroatoms. The van der Waals surface area contributed by atoms with Gasteiger partial charge >= 0.3 is 5.97 Å². The Morgan fingerprint density at radius 3 is 0.919 bits per heavy atom. The van der Waals surface area contributed by atoms with Gasteiger partial charge in [0.2, 0.25) is 5.91 Å². The molecule has 0 aliphatic carbocycles. The van der Waals surface area contributed by atoms with E-state index in [2.05, 4.69) is 55.6 Å². The lowest BCUT2D eigenvalue weighted by Crippen LogP contribution is -2.45. The van der Waals surface area contributed by atoms with Gasteiger partial charge in [0.1, 0.15) is 0 Å². The lowest BCUT2D eigenvalue weighted by molar-refractivity contribution is -0.143. The van der Waals surface area contributed by atoms with Crippen molar-refractivity contribution >= 4 is 11.9 Å². The second kappa shape index (κ2) is 75.5. The van der Waals surface area contributed by atoms with E-state index in [1.807, 2.05) is 0 Å².